The molecule has 1 fully saturated rings. The highest BCUT2D eigenvalue weighted by Crippen LogP contribution is 2.25. The predicted octanol–water partition coefficient (Wildman–Crippen LogP) is 3.44. The summed E-state index contributed by atoms with van der Waals surface area (Å²) in [6, 6.07) is 12.9. The average molecular weight is 403 g/mol. The van der Waals surface area contributed by atoms with Crippen molar-refractivity contribution in [3.63, 3.8) is 0 Å². The zero-order valence-corrected chi connectivity index (χ0v) is 17.0. The molecular weight excluding hydrogens is 376 g/mol. The third kappa shape index (κ3) is 4.47. The first kappa shape index (κ1) is 20.2. The van der Waals surface area contributed by atoms with E-state index in [0.717, 1.165) is 12.8 Å². The van der Waals surface area contributed by atoms with Crippen LogP contribution >= 0.6 is 0 Å². The van der Waals surface area contributed by atoms with Crippen LogP contribution in [-0.4, -0.2) is 35.0 Å². The molecule has 2 aromatic rings. The Bertz CT molecular complexity index is 920. The van der Waals surface area contributed by atoms with Gasteiger partial charge in [-0.3, -0.25) is 9.10 Å². The molecule has 0 radical (unpaired) electrons. The third-order valence-corrected chi connectivity index (χ3v) is 7.00. The first-order valence-corrected chi connectivity index (χ1v) is 10.9. The lowest BCUT2D eigenvalue weighted by molar-refractivity contribution is 0.0947. The van der Waals surface area contributed by atoms with Crippen LogP contribution in [0.1, 0.15) is 36.0 Å². The largest absolute Gasteiger partial charge is 0.497 e. The van der Waals surface area contributed by atoms with Gasteiger partial charge in [0.05, 0.1) is 17.7 Å². The second-order valence-electron chi connectivity index (χ2n) is 7.06. The zero-order chi connectivity index (χ0) is 20.1. The number of carbonyl (C=O) groups is 1. The number of sulfonamides is 1. The number of anilines is 1. The Morgan fingerprint density at radius 3 is 2.46 bits per heavy atom. The van der Waals surface area contributed by atoms with E-state index in [1.54, 1.807) is 43.5 Å². The minimum atomic E-state index is -3.79. The monoisotopic (exact) mass is 402 g/mol. The van der Waals surface area contributed by atoms with Gasteiger partial charge in [-0.25, -0.2) is 8.42 Å². The number of nitrogens with one attached hydrogen (secondary N) is 1. The first-order chi connectivity index (χ1) is 13.4. The SMILES string of the molecule is COc1ccc(N(C)S(=O)(=O)c2cccc(C(=O)NCC3CCCC3)c2)cc1. The molecule has 28 heavy (non-hydrogen) atoms. The number of hydrogen-bond donors (Lipinski definition) is 1. The van der Waals surface area contributed by atoms with Gasteiger partial charge in [-0.05, 0) is 61.2 Å². The van der Waals surface area contributed by atoms with E-state index in [9.17, 15) is 13.2 Å². The number of benzene rings is 2. The van der Waals surface area contributed by atoms with E-state index in [1.165, 1.54) is 36.3 Å². The molecule has 1 N–H and O–H groups in total. The minimum absolute atomic E-state index is 0.0827. The number of methoxy groups -OCH3 is 1. The Balaban J connectivity index is 1.75. The number of carbonyl (C=O) groups excluding carboxylic acids is 1. The summed E-state index contributed by atoms with van der Waals surface area (Å²) in [5.41, 5.74) is 0.860. The van der Waals surface area contributed by atoms with E-state index < -0.39 is 10.0 Å². The van der Waals surface area contributed by atoms with E-state index >= 15 is 0 Å². The van der Waals surface area contributed by atoms with Crippen LogP contribution in [0.2, 0.25) is 0 Å². The lowest BCUT2D eigenvalue weighted by Crippen LogP contribution is -2.29. The maximum atomic E-state index is 13.0. The summed E-state index contributed by atoms with van der Waals surface area (Å²) in [4.78, 5) is 12.5. The van der Waals surface area contributed by atoms with Gasteiger partial charge in [0.25, 0.3) is 15.9 Å². The zero-order valence-electron chi connectivity index (χ0n) is 16.2. The highest BCUT2D eigenvalue weighted by Gasteiger charge is 2.23. The van der Waals surface area contributed by atoms with Crippen molar-refractivity contribution in [3.05, 3.63) is 54.1 Å². The summed E-state index contributed by atoms with van der Waals surface area (Å²) in [6.07, 6.45) is 4.71. The molecule has 0 aromatic heterocycles. The molecule has 0 saturated heterocycles. The topological polar surface area (TPSA) is 75.7 Å². The summed E-state index contributed by atoms with van der Waals surface area (Å²) in [6.45, 7) is 0.640. The molecule has 2 aromatic carbocycles. The van der Waals surface area contributed by atoms with E-state index in [-0.39, 0.29) is 10.8 Å². The van der Waals surface area contributed by atoms with Crippen molar-refractivity contribution in [2.75, 3.05) is 25.0 Å². The fourth-order valence-electron chi connectivity index (χ4n) is 3.44. The summed E-state index contributed by atoms with van der Waals surface area (Å²) >= 11 is 0. The number of rotatable bonds is 7. The van der Waals surface area contributed by atoms with E-state index in [1.807, 2.05) is 0 Å². The first-order valence-electron chi connectivity index (χ1n) is 9.43. The van der Waals surface area contributed by atoms with Gasteiger partial charge in [0.2, 0.25) is 0 Å². The summed E-state index contributed by atoms with van der Waals surface area (Å²) in [5.74, 6) is 0.934. The quantitative estimate of drug-likeness (QED) is 0.770. The standard InChI is InChI=1S/C21H26N2O4S/c1-23(18-10-12-19(27-2)13-11-18)28(25,26)20-9-5-8-17(14-20)21(24)22-15-16-6-3-4-7-16/h5,8-14,16H,3-4,6-7,15H2,1-2H3,(H,22,24). The van der Waals surface area contributed by atoms with Gasteiger partial charge in [0, 0.05) is 19.2 Å². The molecule has 0 aliphatic heterocycles. The number of ether oxygens (including phenoxy) is 1. The fourth-order valence-corrected chi connectivity index (χ4v) is 4.68. The van der Waals surface area contributed by atoms with Crippen LogP contribution in [-0.2, 0) is 10.0 Å². The van der Waals surface area contributed by atoms with Gasteiger partial charge in [-0.1, -0.05) is 18.9 Å². The minimum Gasteiger partial charge on any atom is -0.497 e. The van der Waals surface area contributed by atoms with E-state index in [2.05, 4.69) is 5.32 Å². The van der Waals surface area contributed by atoms with Gasteiger partial charge in [0.1, 0.15) is 5.75 Å². The molecular formula is C21H26N2O4S. The van der Waals surface area contributed by atoms with Crippen molar-refractivity contribution in [1.82, 2.24) is 5.32 Å². The van der Waals surface area contributed by atoms with Crippen molar-refractivity contribution < 1.29 is 17.9 Å². The maximum Gasteiger partial charge on any atom is 0.264 e. The molecule has 0 atom stereocenters. The molecule has 1 saturated carbocycles. The van der Waals surface area contributed by atoms with Gasteiger partial charge >= 0.3 is 0 Å². The van der Waals surface area contributed by atoms with E-state index in [4.69, 9.17) is 4.74 Å². The van der Waals surface area contributed by atoms with Crippen LogP contribution in [0.15, 0.2) is 53.4 Å². The van der Waals surface area contributed by atoms with Crippen molar-refractivity contribution >= 4 is 21.6 Å². The maximum absolute atomic E-state index is 13.0. The number of amides is 1. The average Bonchev–Trinajstić information content (AvgIpc) is 3.25. The van der Waals surface area contributed by atoms with Gasteiger partial charge in [-0.15, -0.1) is 0 Å². The molecule has 3 rings (SSSR count). The van der Waals surface area contributed by atoms with Crippen LogP contribution in [0, 0.1) is 5.92 Å². The predicted molar refractivity (Wildman–Crippen MR) is 109 cm³/mol. The van der Waals surface area contributed by atoms with Crippen molar-refractivity contribution in [2.24, 2.45) is 5.92 Å². The van der Waals surface area contributed by atoms with Crippen LogP contribution < -0.4 is 14.4 Å². The number of nitrogens with zero attached hydrogens (tertiary/aromatic N) is 1. The Morgan fingerprint density at radius 1 is 1.14 bits per heavy atom. The molecule has 0 bridgehead atoms. The molecule has 1 amide bonds. The lowest BCUT2D eigenvalue weighted by atomic mass is 10.1. The van der Waals surface area contributed by atoms with Crippen LogP contribution in [0.5, 0.6) is 5.75 Å². The van der Waals surface area contributed by atoms with Crippen molar-refractivity contribution in [1.29, 1.82) is 0 Å². The summed E-state index contributed by atoms with van der Waals surface area (Å²) in [7, 11) is -0.741. The molecule has 1 aliphatic carbocycles. The lowest BCUT2D eigenvalue weighted by Gasteiger charge is -2.20. The van der Waals surface area contributed by atoms with Crippen molar-refractivity contribution in [3.8, 4) is 5.75 Å². The molecule has 1 aliphatic rings. The van der Waals surface area contributed by atoms with E-state index in [0.29, 0.717) is 29.5 Å². The fraction of sp³-hybridized carbons (Fsp3) is 0.381. The smallest absolute Gasteiger partial charge is 0.264 e. The molecule has 150 valence electrons. The Morgan fingerprint density at radius 2 is 1.82 bits per heavy atom. The molecule has 0 heterocycles. The Labute approximate surface area is 166 Å². The van der Waals surface area contributed by atoms with Crippen molar-refractivity contribution in [2.45, 2.75) is 30.6 Å². The molecule has 6 nitrogen and oxygen atoms in total. The highest BCUT2D eigenvalue weighted by atomic mass is 32.2. The van der Waals surface area contributed by atoms with Crippen LogP contribution in [0.4, 0.5) is 5.69 Å². The summed E-state index contributed by atoms with van der Waals surface area (Å²) in [5, 5.41) is 2.93. The molecule has 0 unspecified atom stereocenters. The normalized spacial score (nSPS) is 14.6. The highest BCUT2D eigenvalue weighted by molar-refractivity contribution is 7.92. The number of hydrogen-bond acceptors (Lipinski definition) is 4. The Kier molecular flexibility index (Phi) is 6.24. The second kappa shape index (κ2) is 8.65. The van der Waals surface area contributed by atoms with Crippen LogP contribution in [0.25, 0.3) is 0 Å². The third-order valence-electron chi connectivity index (χ3n) is 5.22. The Hall–Kier alpha value is -2.54. The van der Waals surface area contributed by atoms with Gasteiger partial charge < -0.3 is 10.1 Å². The molecule has 0 spiro atoms. The van der Waals surface area contributed by atoms with Gasteiger partial charge in [-0.2, -0.15) is 0 Å². The summed E-state index contributed by atoms with van der Waals surface area (Å²) < 4.78 is 32.3. The van der Waals surface area contributed by atoms with Crippen LogP contribution in [0.3, 0.4) is 0 Å². The second-order valence-corrected chi connectivity index (χ2v) is 9.03. The van der Waals surface area contributed by atoms with Gasteiger partial charge in [0.15, 0.2) is 0 Å². The molecule has 7 heteroatoms.